The van der Waals surface area contributed by atoms with Gasteiger partial charge in [0.1, 0.15) is 5.69 Å². The van der Waals surface area contributed by atoms with E-state index in [1.54, 1.807) is 6.07 Å². The summed E-state index contributed by atoms with van der Waals surface area (Å²) in [5.74, 6) is -6.08. The summed E-state index contributed by atoms with van der Waals surface area (Å²) in [6, 6.07) is 5.64. The Kier molecular flexibility index (Phi) is 4.65. The van der Waals surface area contributed by atoms with Crippen LogP contribution in [-0.4, -0.2) is 5.11 Å². The van der Waals surface area contributed by atoms with Crippen LogP contribution < -0.4 is 10.6 Å². The zero-order valence-electron chi connectivity index (χ0n) is 11.7. The lowest BCUT2D eigenvalue weighted by Gasteiger charge is -2.14. The van der Waals surface area contributed by atoms with Crippen molar-refractivity contribution in [3.8, 4) is 0 Å². The van der Waals surface area contributed by atoms with E-state index in [2.05, 4.69) is 10.6 Å². The smallest absolute Gasteiger partial charge is 0.185 e. The normalized spacial score (nSPS) is 10.5. The first-order chi connectivity index (χ1) is 10.3. The molecule has 0 unspecified atom stereocenters. The van der Waals surface area contributed by atoms with Gasteiger partial charge < -0.3 is 10.6 Å². The van der Waals surface area contributed by atoms with Crippen LogP contribution in [0, 0.1) is 37.1 Å². The Morgan fingerprint density at radius 2 is 1.50 bits per heavy atom. The van der Waals surface area contributed by atoms with Gasteiger partial charge in [-0.1, -0.05) is 12.1 Å². The molecule has 0 fully saturated rings. The van der Waals surface area contributed by atoms with Crippen LogP contribution in [0.4, 0.5) is 28.9 Å². The first-order valence-electron chi connectivity index (χ1n) is 6.28. The van der Waals surface area contributed by atoms with Gasteiger partial charge in [-0.05, 0) is 43.3 Å². The van der Waals surface area contributed by atoms with Crippen LogP contribution in [0.1, 0.15) is 11.1 Å². The Hall–Kier alpha value is -2.15. The summed E-state index contributed by atoms with van der Waals surface area (Å²) < 4.78 is 53.4. The van der Waals surface area contributed by atoms with Crippen molar-refractivity contribution in [2.75, 3.05) is 10.6 Å². The predicted octanol–water partition coefficient (Wildman–Crippen LogP) is 4.67. The molecule has 116 valence electrons. The highest BCUT2D eigenvalue weighted by atomic mass is 32.1. The molecule has 0 heterocycles. The summed E-state index contributed by atoms with van der Waals surface area (Å²) >= 11 is 4.93. The van der Waals surface area contributed by atoms with Crippen LogP contribution in [0.25, 0.3) is 0 Å². The standard InChI is InChI=1S/C15H12F4N2S/c1-7-3-4-8(2)11(5-7)20-15(22)21-14-12(18)9(16)6-10(17)13(14)19/h3-6H,1-2H3,(H2,20,21,22). The highest BCUT2D eigenvalue weighted by Crippen LogP contribution is 2.24. The maximum Gasteiger partial charge on any atom is 0.185 e. The SMILES string of the molecule is Cc1ccc(C)c(NC(=S)Nc2c(F)c(F)cc(F)c2F)c1. The fourth-order valence-corrected chi connectivity index (χ4v) is 2.03. The molecule has 0 aliphatic heterocycles. The average molecular weight is 328 g/mol. The minimum Gasteiger partial charge on any atom is -0.332 e. The fraction of sp³-hybridized carbons (Fsp3) is 0.133. The molecule has 2 aromatic carbocycles. The fourth-order valence-electron chi connectivity index (χ4n) is 1.82. The molecule has 2 rings (SSSR count). The lowest BCUT2D eigenvalue weighted by atomic mass is 10.1. The molecule has 22 heavy (non-hydrogen) atoms. The maximum absolute atomic E-state index is 13.6. The molecular formula is C15H12F4N2S. The highest BCUT2D eigenvalue weighted by Gasteiger charge is 2.20. The van der Waals surface area contributed by atoms with Crippen LogP contribution in [-0.2, 0) is 0 Å². The zero-order valence-corrected chi connectivity index (χ0v) is 12.5. The monoisotopic (exact) mass is 328 g/mol. The number of hydrogen-bond acceptors (Lipinski definition) is 1. The summed E-state index contributed by atoms with van der Waals surface area (Å²) in [6.45, 7) is 3.68. The second-order valence-corrected chi connectivity index (χ2v) is 5.15. The maximum atomic E-state index is 13.6. The van der Waals surface area contributed by atoms with Crippen molar-refractivity contribution in [3.05, 3.63) is 58.7 Å². The van der Waals surface area contributed by atoms with Crippen LogP contribution in [0.3, 0.4) is 0 Å². The van der Waals surface area contributed by atoms with E-state index >= 15 is 0 Å². The Bertz CT molecular complexity index is 721. The van der Waals surface area contributed by atoms with E-state index in [4.69, 9.17) is 12.2 Å². The third-order valence-corrected chi connectivity index (χ3v) is 3.20. The van der Waals surface area contributed by atoms with E-state index in [-0.39, 0.29) is 11.2 Å². The summed E-state index contributed by atoms with van der Waals surface area (Å²) in [7, 11) is 0. The molecule has 2 nitrogen and oxygen atoms in total. The zero-order chi connectivity index (χ0) is 16.4. The number of hydrogen-bond donors (Lipinski definition) is 2. The summed E-state index contributed by atoms with van der Waals surface area (Å²) in [6.07, 6.45) is 0. The van der Waals surface area contributed by atoms with Gasteiger partial charge in [-0.15, -0.1) is 0 Å². The van der Waals surface area contributed by atoms with Gasteiger partial charge in [0.15, 0.2) is 28.4 Å². The predicted molar refractivity (Wildman–Crippen MR) is 82.0 cm³/mol. The van der Waals surface area contributed by atoms with Crippen LogP contribution in [0.15, 0.2) is 24.3 Å². The van der Waals surface area contributed by atoms with Crippen LogP contribution in [0.5, 0.6) is 0 Å². The Morgan fingerprint density at radius 3 is 2.09 bits per heavy atom. The van der Waals surface area contributed by atoms with Crippen LogP contribution >= 0.6 is 12.2 Å². The minimum atomic E-state index is -1.54. The molecule has 0 radical (unpaired) electrons. The molecule has 0 amide bonds. The molecule has 0 saturated heterocycles. The van der Waals surface area contributed by atoms with E-state index < -0.39 is 29.0 Å². The minimum absolute atomic E-state index is 0.136. The Labute approximate surface area is 130 Å². The van der Waals surface area contributed by atoms with Gasteiger partial charge in [0, 0.05) is 11.8 Å². The van der Waals surface area contributed by atoms with Crippen molar-refractivity contribution in [3.63, 3.8) is 0 Å². The van der Waals surface area contributed by atoms with Crippen molar-refractivity contribution in [1.82, 2.24) is 0 Å². The van der Waals surface area contributed by atoms with Gasteiger partial charge in [0.2, 0.25) is 0 Å². The number of rotatable bonds is 2. The molecule has 0 bridgehead atoms. The van der Waals surface area contributed by atoms with Crippen molar-refractivity contribution in [2.24, 2.45) is 0 Å². The highest BCUT2D eigenvalue weighted by molar-refractivity contribution is 7.80. The van der Waals surface area contributed by atoms with Crippen LogP contribution in [0.2, 0.25) is 0 Å². The second kappa shape index (κ2) is 6.31. The number of aryl methyl sites for hydroxylation is 2. The first kappa shape index (κ1) is 16.2. The summed E-state index contributed by atoms with van der Waals surface area (Å²) in [4.78, 5) is 0. The Morgan fingerprint density at radius 1 is 0.909 bits per heavy atom. The number of anilines is 2. The molecule has 0 aliphatic carbocycles. The number of thiocarbonyl (C=S) groups is 1. The van der Waals surface area contributed by atoms with Gasteiger partial charge in [-0.2, -0.15) is 0 Å². The molecule has 2 N–H and O–H groups in total. The van der Waals surface area contributed by atoms with Gasteiger partial charge in [0.25, 0.3) is 0 Å². The van der Waals surface area contributed by atoms with E-state index in [1.165, 1.54) is 0 Å². The van der Waals surface area contributed by atoms with E-state index in [0.29, 0.717) is 5.69 Å². The number of benzene rings is 2. The summed E-state index contributed by atoms with van der Waals surface area (Å²) in [5.41, 5.74) is 1.45. The Balaban J connectivity index is 2.25. The molecule has 0 aliphatic rings. The number of halogens is 4. The van der Waals surface area contributed by atoms with Gasteiger partial charge in [-0.3, -0.25) is 0 Å². The summed E-state index contributed by atoms with van der Waals surface area (Å²) in [5, 5.41) is 4.70. The quantitative estimate of drug-likeness (QED) is 0.476. The molecular weight excluding hydrogens is 316 g/mol. The van der Waals surface area contributed by atoms with Crippen molar-refractivity contribution >= 4 is 28.7 Å². The third kappa shape index (κ3) is 3.36. The molecule has 0 spiro atoms. The third-order valence-electron chi connectivity index (χ3n) is 2.99. The van der Waals surface area contributed by atoms with Gasteiger partial charge in [0.05, 0.1) is 0 Å². The first-order valence-corrected chi connectivity index (χ1v) is 6.68. The molecule has 0 aromatic heterocycles. The van der Waals surface area contributed by atoms with E-state index in [1.807, 2.05) is 26.0 Å². The second-order valence-electron chi connectivity index (χ2n) is 4.74. The van der Waals surface area contributed by atoms with Crippen molar-refractivity contribution in [1.29, 1.82) is 0 Å². The largest absolute Gasteiger partial charge is 0.332 e. The topological polar surface area (TPSA) is 24.1 Å². The molecule has 7 heteroatoms. The van der Waals surface area contributed by atoms with Gasteiger partial charge in [-0.25, -0.2) is 17.6 Å². The van der Waals surface area contributed by atoms with Crippen molar-refractivity contribution in [2.45, 2.75) is 13.8 Å². The molecule has 2 aromatic rings. The number of nitrogens with one attached hydrogen (secondary N) is 2. The van der Waals surface area contributed by atoms with Crippen molar-refractivity contribution < 1.29 is 17.6 Å². The lowest BCUT2D eigenvalue weighted by molar-refractivity contribution is 0.459. The lowest BCUT2D eigenvalue weighted by Crippen LogP contribution is -2.22. The molecule has 0 saturated carbocycles. The van der Waals surface area contributed by atoms with Gasteiger partial charge >= 0.3 is 0 Å². The average Bonchev–Trinajstić information content (AvgIpc) is 2.45. The van der Waals surface area contributed by atoms with E-state index in [9.17, 15) is 17.6 Å². The molecule has 0 atom stereocenters. The van der Waals surface area contributed by atoms with E-state index in [0.717, 1.165) is 11.1 Å².